The number of rotatable bonds is 2. The van der Waals surface area contributed by atoms with Crippen LogP contribution in [0.5, 0.6) is 5.75 Å². The van der Waals surface area contributed by atoms with E-state index in [0.29, 0.717) is 4.77 Å². The molecule has 1 N–H and O–H groups in total. The van der Waals surface area contributed by atoms with E-state index in [1.165, 1.54) is 11.1 Å². The number of nitrogens with one attached hydrogen (secondary N) is 1. The van der Waals surface area contributed by atoms with Crippen LogP contribution in [0.1, 0.15) is 11.1 Å². The number of hydrogen-bond acceptors (Lipinski definition) is 2. The summed E-state index contributed by atoms with van der Waals surface area (Å²) in [7, 11) is 1.66. The summed E-state index contributed by atoms with van der Waals surface area (Å²) >= 11 is 9.19. The van der Waals surface area contributed by atoms with Gasteiger partial charge in [0.2, 0.25) is 0 Å². The van der Waals surface area contributed by atoms with Crippen molar-refractivity contribution >= 4 is 39.2 Å². The molecule has 0 saturated heterocycles. The van der Waals surface area contributed by atoms with E-state index in [1.807, 2.05) is 22.8 Å². The van der Waals surface area contributed by atoms with Crippen molar-refractivity contribution < 1.29 is 4.74 Å². The minimum Gasteiger partial charge on any atom is -0.494 e. The number of methoxy groups -OCH3 is 1. The molecule has 0 saturated carbocycles. The van der Waals surface area contributed by atoms with Gasteiger partial charge in [-0.05, 0) is 71.3 Å². The molecule has 5 heteroatoms. The smallest absolute Gasteiger partial charge is 0.182 e. The van der Waals surface area contributed by atoms with E-state index in [-0.39, 0.29) is 0 Å². The first-order valence-corrected chi connectivity index (χ1v) is 7.78. The average Bonchev–Trinajstić information content (AvgIpc) is 2.74. The fraction of sp³-hybridized carbons (Fsp3) is 0.188. The van der Waals surface area contributed by atoms with Crippen molar-refractivity contribution in [1.82, 2.24) is 9.55 Å². The molecule has 3 aromatic rings. The lowest BCUT2D eigenvalue weighted by Gasteiger charge is -2.12. The molecule has 0 amide bonds. The van der Waals surface area contributed by atoms with Gasteiger partial charge >= 0.3 is 0 Å². The van der Waals surface area contributed by atoms with E-state index in [1.54, 1.807) is 7.11 Å². The molecule has 0 radical (unpaired) electrons. The Morgan fingerprint density at radius 3 is 2.67 bits per heavy atom. The van der Waals surface area contributed by atoms with Gasteiger partial charge in [-0.1, -0.05) is 12.1 Å². The molecule has 0 aliphatic heterocycles. The molecule has 0 unspecified atom stereocenters. The van der Waals surface area contributed by atoms with Gasteiger partial charge < -0.3 is 9.72 Å². The Morgan fingerprint density at radius 2 is 2.00 bits per heavy atom. The summed E-state index contributed by atoms with van der Waals surface area (Å²) in [5.74, 6) is 0.790. The van der Waals surface area contributed by atoms with Crippen LogP contribution in [0.15, 0.2) is 34.8 Å². The van der Waals surface area contributed by atoms with Crippen molar-refractivity contribution in [2.24, 2.45) is 0 Å². The molecule has 0 bridgehead atoms. The maximum Gasteiger partial charge on any atom is 0.182 e. The highest BCUT2D eigenvalue weighted by atomic mass is 79.9. The van der Waals surface area contributed by atoms with Crippen LogP contribution in [-0.2, 0) is 0 Å². The number of imidazole rings is 1. The predicted molar refractivity (Wildman–Crippen MR) is 92.2 cm³/mol. The summed E-state index contributed by atoms with van der Waals surface area (Å²) in [4.78, 5) is 3.25. The van der Waals surface area contributed by atoms with Gasteiger partial charge in [0, 0.05) is 4.47 Å². The third-order valence-electron chi connectivity index (χ3n) is 3.52. The second-order valence-corrected chi connectivity index (χ2v) is 6.27. The second-order valence-electron chi connectivity index (χ2n) is 5.03. The molecule has 2 aromatic carbocycles. The third kappa shape index (κ3) is 2.30. The first-order valence-electron chi connectivity index (χ1n) is 6.58. The molecule has 108 valence electrons. The maximum atomic E-state index is 5.53. The largest absolute Gasteiger partial charge is 0.494 e. The van der Waals surface area contributed by atoms with Gasteiger partial charge in [0.25, 0.3) is 0 Å². The summed E-state index contributed by atoms with van der Waals surface area (Å²) in [6.45, 7) is 4.17. The van der Waals surface area contributed by atoms with Gasteiger partial charge in [0.1, 0.15) is 11.3 Å². The van der Waals surface area contributed by atoms with Gasteiger partial charge in [0.15, 0.2) is 4.77 Å². The molecule has 0 aliphatic rings. The van der Waals surface area contributed by atoms with Gasteiger partial charge in [-0.2, -0.15) is 0 Å². The minimum absolute atomic E-state index is 0.655. The predicted octanol–water partition coefficient (Wildman–Crippen LogP) is 5.08. The highest BCUT2D eigenvalue weighted by Crippen LogP contribution is 2.32. The summed E-state index contributed by atoms with van der Waals surface area (Å²) < 4.78 is 9.14. The first-order chi connectivity index (χ1) is 10.0. The molecule has 1 aromatic heterocycles. The molecular weight excluding hydrogens is 348 g/mol. The number of para-hydroxylation sites is 1. The van der Waals surface area contributed by atoms with Crippen LogP contribution in [0, 0.1) is 18.6 Å². The van der Waals surface area contributed by atoms with Crippen LogP contribution >= 0.6 is 28.1 Å². The Morgan fingerprint density at radius 1 is 1.24 bits per heavy atom. The summed E-state index contributed by atoms with van der Waals surface area (Å²) in [6.07, 6.45) is 0. The molecule has 0 spiro atoms. The Bertz CT molecular complexity index is 872. The van der Waals surface area contributed by atoms with Crippen molar-refractivity contribution in [2.45, 2.75) is 13.8 Å². The summed E-state index contributed by atoms with van der Waals surface area (Å²) in [5.41, 5.74) is 5.36. The number of fused-ring (bicyclic) bond motifs is 1. The minimum atomic E-state index is 0.655. The molecule has 0 atom stereocenters. The van der Waals surface area contributed by atoms with Gasteiger partial charge in [-0.15, -0.1) is 0 Å². The van der Waals surface area contributed by atoms with Gasteiger partial charge in [-0.3, -0.25) is 4.57 Å². The first kappa shape index (κ1) is 14.4. The number of benzene rings is 2. The van der Waals surface area contributed by atoms with E-state index in [4.69, 9.17) is 17.0 Å². The number of aryl methyl sites for hydroxylation is 2. The number of H-pyrrole nitrogens is 1. The Balaban J connectivity index is 2.42. The Labute approximate surface area is 136 Å². The summed E-state index contributed by atoms with van der Waals surface area (Å²) in [5, 5.41) is 0. The molecule has 3 rings (SSSR count). The fourth-order valence-electron chi connectivity index (χ4n) is 2.69. The highest BCUT2D eigenvalue weighted by molar-refractivity contribution is 9.10. The topological polar surface area (TPSA) is 29.9 Å². The van der Waals surface area contributed by atoms with Crippen molar-refractivity contribution in [3.63, 3.8) is 0 Å². The van der Waals surface area contributed by atoms with E-state index < -0.39 is 0 Å². The number of aromatic amines is 1. The number of aromatic nitrogens is 2. The normalized spacial score (nSPS) is 11.0. The van der Waals surface area contributed by atoms with Crippen LogP contribution < -0.4 is 4.74 Å². The quantitative estimate of drug-likeness (QED) is 0.644. The molecule has 0 aliphatic carbocycles. The molecule has 0 fully saturated rings. The van der Waals surface area contributed by atoms with Crippen molar-refractivity contribution in [1.29, 1.82) is 0 Å². The van der Waals surface area contributed by atoms with Crippen LogP contribution in [0.2, 0.25) is 0 Å². The van der Waals surface area contributed by atoms with E-state index >= 15 is 0 Å². The number of hydrogen-bond donors (Lipinski definition) is 1. The average molecular weight is 363 g/mol. The molecule has 1 heterocycles. The van der Waals surface area contributed by atoms with Crippen molar-refractivity contribution in [3.8, 4) is 11.4 Å². The number of halogens is 1. The van der Waals surface area contributed by atoms with Gasteiger partial charge in [0.05, 0.1) is 18.3 Å². The Hall–Kier alpha value is -1.59. The van der Waals surface area contributed by atoms with Crippen LogP contribution in [-0.4, -0.2) is 16.7 Å². The SMILES string of the molecule is COc1cccc2c1[nH]c(=S)n2-c1c(C)cc(C)cc1Br. The zero-order chi connectivity index (χ0) is 15.1. The zero-order valence-electron chi connectivity index (χ0n) is 12.0. The van der Waals surface area contributed by atoms with Crippen LogP contribution in [0.25, 0.3) is 16.7 Å². The van der Waals surface area contributed by atoms with Crippen LogP contribution in [0.3, 0.4) is 0 Å². The lowest BCUT2D eigenvalue weighted by atomic mass is 10.1. The molecule has 21 heavy (non-hydrogen) atoms. The molecular formula is C16H15BrN2OS. The van der Waals surface area contributed by atoms with E-state index in [2.05, 4.69) is 46.9 Å². The van der Waals surface area contributed by atoms with E-state index in [9.17, 15) is 0 Å². The zero-order valence-corrected chi connectivity index (χ0v) is 14.4. The standard InChI is InChI=1S/C16H15BrN2OS/c1-9-7-10(2)15(11(17)8-9)19-12-5-4-6-13(20-3)14(12)18-16(19)21/h4-8H,1-3H3,(H,18,21). The van der Waals surface area contributed by atoms with Crippen LogP contribution in [0.4, 0.5) is 0 Å². The number of ether oxygens (including phenoxy) is 1. The second kappa shape index (κ2) is 5.31. The van der Waals surface area contributed by atoms with Crippen molar-refractivity contribution in [2.75, 3.05) is 7.11 Å². The monoisotopic (exact) mass is 362 g/mol. The summed E-state index contributed by atoms with van der Waals surface area (Å²) in [6, 6.07) is 10.2. The fourth-order valence-corrected chi connectivity index (χ4v) is 3.83. The molecule has 3 nitrogen and oxygen atoms in total. The Kier molecular flexibility index (Phi) is 3.63. The van der Waals surface area contributed by atoms with Gasteiger partial charge in [-0.25, -0.2) is 0 Å². The maximum absolute atomic E-state index is 5.53. The third-order valence-corrected chi connectivity index (χ3v) is 4.41. The lowest BCUT2D eigenvalue weighted by molar-refractivity contribution is 0.419. The van der Waals surface area contributed by atoms with E-state index in [0.717, 1.165) is 26.9 Å². The highest BCUT2D eigenvalue weighted by Gasteiger charge is 2.14. The lowest BCUT2D eigenvalue weighted by Crippen LogP contribution is -1.99. The van der Waals surface area contributed by atoms with Crippen molar-refractivity contribution in [3.05, 3.63) is 50.7 Å². The number of nitrogens with zero attached hydrogens (tertiary/aromatic N) is 1.